The fraction of sp³-hybridized carbons (Fsp3) is 0.364. The summed E-state index contributed by atoms with van der Waals surface area (Å²) in [4.78, 5) is 49.7. The number of hydrogen-bond acceptors (Lipinski definition) is 9. The number of Topliss-reactive ketones (excluding diaryl/α,β-unsaturated/α-hetero) is 3. The third kappa shape index (κ3) is 2.66. The second kappa shape index (κ2) is 6.78. The number of phenolic OH excluding ortho intramolecular Hbond substituents is 1. The maximum atomic E-state index is 13.3. The van der Waals surface area contributed by atoms with Crippen LogP contribution in [-0.2, 0) is 25.5 Å². The average molecular weight is 428 g/mol. The Kier molecular flexibility index (Phi) is 4.55. The van der Waals surface area contributed by atoms with Gasteiger partial charge in [0.15, 0.2) is 17.2 Å². The SMILES string of the molecule is COC(=O)c1ccc(O)c2c1C[C@@H]1C[C@@H]3CC(=O)C(C(C)=O)=C(O)[C@]3(O)C(=O)C1=C2O. The highest BCUT2D eigenvalue weighted by atomic mass is 16.5. The Bertz CT molecular complexity index is 1140. The molecular formula is C22H20O9. The Morgan fingerprint density at radius 2 is 1.81 bits per heavy atom. The molecule has 162 valence electrons. The molecule has 9 heteroatoms. The number of ether oxygens (including phenoxy) is 1. The molecule has 1 aromatic rings. The van der Waals surface area contributed by atoms with Gasteiger partial charge in [-0.15, -0.1) is 0 Å². The Balaban J connectivity index is 1.94. The van der Waals surface area contributed by atoms with E-state index in [1.54, 1.807) is 0 Å². The number of carbonyl (C=O) groups is 4. The number of ketones is 3. The van der Waals surface area contributed by atoms with Crippen molar-refractivity contribution in [2.24, 2.45) is 11.8 Å². The number of allylic oxidation sites excluding steroid dienone is 1. The molecule has 3 atom stereocenters. The molecule has 0 saturated heterocycles. The van der Waals surface area contributed by atoms with Crippen molar-refractivity contribution in [2.75, 3.05) is 7.11 Å². The van der Waals surface area contributed by atoms with Gasteiger partial charge in [0, 0.05) is 17.9 Å². The van der Waals surface area contributed by atoms with Crippen molar-refractivity contribution in [3.63, 3.8) is 0 Å². The minimum Gasteiger partial charge on any atom is -0.508 e. The normalized spacial score (nSPS) is 27.5. The molecule has 0 heterocycles. The van der Waals surface area contributed by atoms with Crippen LogP contribution in [0, 0.1) is 11.8 Å². The molecule has 0 amide bonds. The number of methoxy groups -OCH3 is 1. The van der Waals surface area contributed by atoms with Gasteiger partial charge in [-0.1, -0.05) is 0 Å². The van der Waals surface area contributed by atoms with E-state index in [9.17, 15) is 39.6 Å². The summed E-state index contributed by atoms with van der Waals surface area (Å²) in [7, 11) is 1.19. The lowest BCUT2D eigenvalue weighted by atomic mass is 9.59. The molecule has 0 radical (unpaired) electrons. The number of rotatable bonds is 2. The van der Waals surface area contributed by atoms with Crippen LogP contribution in [0.4, 0.5) is 0 Å². The topological polar surface area (TPSA) is 158 Å². The fourth-order valence-corrected chi connectivity index (χ4v) is 5.03. The molecule has 0 bridgehead atoms. The molecule has 9 nitrogen and oxygen atoms in total. The molecule has 0 aliphatic heterocycles. The average Bonchev–Trinajstić information content (AvgIpc) is 2.70. The van der Waals surface area contributed by atoms with Crippen molar-refractivity contribution >= 4 is 29.1 Å². The number of esters is 1. The van der Waals surface area contributed by atoms with E-state index in [2.05, 4.69) is 0 Å². The zero-order valence-corrected chi connectivity index (χ0v) is 16.8. The van der Waals surface area contributed by atoms with Gasteiger partial charge in [-0.2, -0.15) is 0 Å². The number of aromatic hydroxyl groups is 1. The molecule has 4 rings (SSSR count). The third-order valence-corrected chi connectivity index (χ3v) is 6.46. The Morgan fingerprint density at radius 1 is 1.13 bits per heavy atom. The molecule has 0 spiro atoms. The van der Waals surface area contributed by atoms with Crippen molar-refractivity contribution in [1.82, 2.24) is 0 Å². The van der Waals surface area contributed by atoms with Gasteiger partial charge in [0.05, 0.1) is 18.2 Å². The van der Waals surface area contributed by atoms with E-state index in [-0.39, 0.29) is 47.3 Å². The van der Waals surface area contributed by atoms with Gasteiger partial charge in [0.25, 0.3) is 0 Å². The second-order valence-corrected chi connectivity index (χ2v) is 8.08. The van der Waals surface area contributed by atoms with Crippen LogP contribution < -0.4 is 0 Å². The molecule has 3 aliphatic rings. The van der Waals surface area contributed by atoms with Crippen LogP contribution in [0.15, 0.2) is 29.0 Å². The van der Waals surface area contributed by atoms with E-state index in [1.165, 1.54) is 19.2 Å². The lowest BCUT2D eigenvalue weighted by Gasteiger charge is -2.46. The number of fused-ring (bicyclic) bond motifs is 3. The lowest BCUT2D eigenvalue weighted by Crippen LogP contribution is -2.57. The fourth-order valence-electron chi connectivity index (χ4n) is 5.03. The number of aliphatic hydroxyl groups excluding tert-OH is 2. The highest BCUT2D eigenvalue weighted by Gasteiger charge is 2.60. The first-order valence-corrected chi connectivity index (χ1v) is 9.65. The largest absolute Gasteiger partial charge is 0.508 e. The van der Waals surface area contributed by atoms with Gasteiger partial charge in [-0.3, -0.25) is 14.4 Å². The standard InChI is InChI=1S/C22H20O9/c1-8(23)15-14(25)7-10-5-9-6-12-11(21(29)31-2)3-4-13(24)17(12)18(26)16(9)20(28)22(10,30)19(15)27/h3-4,9-10,24,26-27,30H,5-7H2,1-2H3/t9-,10+,22-/m0/s1. The van der Waals surface area contributed by atoms with Crippen molar-refractivity contribution in [3.8, 4) is 5.75 Å². The van der Waals surface area contributed by atoms with Crippen LogP contribution in [0.25, 0.3) is 5.76 Å². The van der Waals surface area contributed by atoms with E-state index in [4.69, 9.17) is 4.74 Å². The Morgan fingerprint density at radius 3 is 2.42 bits per heavy atom. The first kappa shape index (κ1) is 20.8. The van der Waals surface area contributed by atoms with Crippen molar-refractivity contribution in [2.45, 2.75) is 31.8 Å². The molecular weight excluding hydrogens is 408 g/mol. The van der Waals surface area contributed by atoms with Crippen LogP contribution in [0.3, 0.4) is 0 Å². The minimum absolute atomic E-state index is 0.0261. The van der Waals surface area contributed by atoms with Gasteiger partial charge in [0.2, 0.25) is 5.78 Å². The van der Waals surface area contributed by atoms with Crippen LogP contribution in [-0.4, -0.2) is 56.5 Å². The quantitative estimate of drug-likeness (QED) is 0.402. The molecule has 1 aromatic carbocycles. The zero-order chi connectivity index (χ0) is 22.8. The van der Waals surface area contributed by atoms with E-state index in [1.807, 2.05) is 0 Å². The summed E-state index contributed by atoms with van der Waals surface area (Å²) in [6, 6.07) is 2.52. The Hall–Kier alpha value is -3.46. The zero-order valence-electron chi connectivity index (χ0n) is 16.8. The van der Waals surface area contributed by atoms with Crippen molar-refractivity contribution in [3.05, 3.63) is 45.7 Å². The van der Waals surface area contributed by atoms with Crippen molar-refractivity contribution in [1.29, 1.82) is 0 Å². The highest BCUT2D eigenvalue weighted by molar-refractivity contribution is 6.23. The summed E-state index contributed by atoms with van der Waals surface area (Å²) >= 11 is 0. The smallest absolute Gasteiger partial charge is 0.338 e. The van der Waals surface area contributed by atoms with E-state index >= 15 is 0 Å². The first-order chi connectivity index (χ1) is 14.5. The maximum Gasteiger partial charge on any atom is 0.338 e. The molecule has 3 aliphatic carbocycles. The Labute approximate surface area is 176 Å². The van der Waals surface area contributed by atoms with Gasteiger partial charge >= 0.3 is 5.97 Å². The molecule has 31 heavy (non-hydrogen) atoms. The van der Waals surface area contributed by atoms with Crippen molar-refractivity contribution < 1.29 is 44.3 Å². The molecule has 1 saturated carbocycles. The second-order valence-electron chi connectivity index (χ2n) is 8.08. The van der Waals surface area contributed by atoms with Crippen LogP contribution in [0.1, 0.15) is 41.3 Å². The highest BCUT2D eigenvalue weighted by Crippen LogP contribution is 2.52. The van der Waals surface area contributed by atoms with Crippen LogP contribution in [0.5, 0.6) is 5.75 Å². The number of benzene rings is 1. The summed E-state index contributed by atoms with van der Waals surface area (Å²) in [6.07, 6.45) is -0.245. The van der Waals surface area contributed by atoms with Gasteiger partial charge < -0.3 is 25.2 Å². The minimum atomic E-state index is -2.54. The summed E-state index contributed by atoms with van der Waals surface area (Å²) in [5.41, 5.74) is -3.14. The number of carbonyl (C=O) groups excluding carboxylic acids is 4. The summed E-state index contributed by atoms with van der Waals surface area (Å²) in [5.74, 6) is -6.90. The van der Waals surface area contributed by atoms with Gasteiger partial charge in [0.1, 0.15) is 22.8 Å². The number of hydrogen-bond donors (Lipinski definition) is 4. The molecule has 0 aromatic heterocycles. The number of phenols is 1. The first-order valence-electron chi connectivity index (χ1n) is 9.65. The van der Waals surface area contributed by atoms with E-state index in [0.717, 1.165) is 6.92 Å². The predicted octanol–water partition coefficient (Wildman–Crippen LogP) is 1.31. The molecule has 1 fully saturated rings. The number of aliphatic hydroxyl groups is 3. The third-order valence-electron chi connectivity index (χ3n) is 6.46. The summed E-state index contributed by atoms with van der Waals surface area (Å²) < 4.78 is 4.76. The van der Waals surface area contributed by atoms with E-state index in [0.29, 0.717) is 0 Å². The molecule has 4 N–H and O–H groups in total. The maximum absolute atomic E-state index is 13.3. The van der Waals surface area contributed by atoms with Crippen LogP contribution >= 0.6 is 0 Å². The van der Waals surface area contributed by atoms with Crippen LogP contribution in [0.2, 0.25) is 0 Å². The lowest BCUT2D eigenvalue weighted by molar-refractivity contribution is -0.147. The summed E-state index contributed by atoms with van der Waals surface area (Å²) in [6.45, 7) is 1.04. The molecule has 0 unspecified atom stereocenters. The van der Waals surface area contributed by atoms with Gasteiger partial charge in [-0.05, 0) is 43.4 Å². The van der Waals surface area contributed by atoms with E-state index < -0.39 is 57.8 Å². The van der Waals surface area contributed by atoms with Gasteiger partial charge in [-0.25, -0.2) is 4.79 Å². The summed E-state index contributed by atoms with van der Waals surface area (Å²) in [5, 5.41) is 43.0. The monoisotopic (exact) mass is 428 g/mol. The predicted molar refractivity (Wildman–Crippen MR) is 104 cm³/mol.